The second-order valence-electron chi connectivity index (χ2n) is 3.34. The Bertz CT molecular complexity index is 543. The summed E-state index contributed by atoms with van der Waals surface area (Å²) < 4.78 is 0. The number of H-pyrrole nitrogens is 1. The summed E-state index contributed by atoms with van der Waals surface area (Å²) in [6.45, 7) is 0. The van der Waals surface area contributed by atoms with Crippen LogP contribution in [0.25, 0.3) is 0 Å². The van der Waals surface area contributed by atoms with Crippen LogP contribution in [-0.2, 0) is 0 Å². The molecular weight excluding hydrogens is 206 g/mol. The standard InChI is InChI=1S/C12H9NO3/c14-7-10-4-9(6-13-10)12(16)8-2-1-3-11(15)5-8/h1-7,13,15H. The van der Waals surface area contributed by atoms with Gasteiger partial charge in [0.25, 0.3) is 0 Å². The van der Waals surface area contributed by atoms with E-state index in [1.165, 1.54) is 24.4 Å². The Kier molecular flexibility index (Phi) is 2.55. The van der Waals surface area contributed by atoms with E-state index in [0.29, 0.717) is 23.1 Å². The zero-order valence-electron chi connectivity index (χ0n) is 8.31. The molecule has 1 aromatic heterocycles. The minimum absolute atomic E-state index is 0.0389. The molecule has 2 N–H and O–H groups in total. The van der Waals surface area contributed by atoms with Gasteiger partial charge in [-0.05, 0) is 18.2 Å². The molecular formula is C12H9NO3. The summed E-state index contributed by atoms with van der Waals surface area (Å²) in [6, 6.07) is 7.55. The van der Waals surface area contributed by atoms with E-state index in [1.54, 1.807) is 12.1 Å². The van der Waals surface area contributed by atoms with Crippen molar-refractivity contribution >= 4 is 12.1 Å². The number of phenols is 1. The van der Waals surface area contributed by atoms with E-state index >= 15 is 0 Å². The van der Waals surface area contributed by atoms with Gasteiger partial charge in [0.1, 0.15) is 5.75 Å². The number of aromatic amines is 1. The summed E-state index contributed by atoms with van der Waals surface area (Å²) in [7, 11) is 0. The van der Waals surface area contributed by atoms with Gasteiger partial charge in [0, 0.05) is 17.3 Å². The Morgan fingerprint density at radius 1 is 1.25 bits per heavy atom. The van der Waals surface area contributed by atoms with E-state index < -0.39 is 0 Å². The minimum atomic E-state index is -0.236. The summed E-state index contributed by atoms with van der Waals surface area (Å²) in [5.41, 5.74) is 1.13. The van der Waals surface area contributed by atoms with Crippen LogP contribution in [0.2, 0.25) is 0 Å². The molecule has 4 nitrogen and oxygen atoms in total. The summed E-state index contributed by atoms with van der Waals surface area (Å²) in [5, 5.41) is 9.24. The molecule has 0 bridgehead atoms. The van der Waals surface area contributed by atoms with Crippen molar-refractivity contribution in [3.05, 3.63) is 53.3 Å². The molecule has 0 saturated heterocycles. The zero-order chi connectivity index (χ0) is 11.5. The van der Waals surface area contributed by atoms with Gasteiger partial charge in [-0.15, -0.1) is 0 Å². The predicted molar refractivity (Wildman–Crippen MR) is 57.7 cm³/mol. The summed E-state index contributed by atoms with van der Waals surface area (Å²) in [4.78, 5) is 25.0. The average Bonchev–Trinajstić information content (AvgIpc) is 2.76. The van der Waals surface area contributed by atoms with Crippen molar-refractivity contribution in [1.29, 1.82) is 0 Å². The van der Waals surface area contributed by atoms with E-state index in [0.717, 1.165) is 0 Å². The molecule has 16 heavy (non-hydrogen) atoms. The molecule has 2 rings (SSSR count). The smallest absolute Gasteiger partial charge is 0.194 e. The second kappa shape index (κ2) is 4.02. The van der Waals surface area contributed by atoms with Crippen LogP contribution in [0.4, 0.5) is 0 Å². The highest BCUT2D eigenvalue weighted by atomic mass is 16.3. The molecule has 0 amide bonds. The quantitative estimate of drug-likeness (QED) is 0.605. The lowest BCUT2D eigenvalue weighted by Crippen LogP contribution is -1.98. The van der Waals surface area contributed by atoms with Gasteiger partial charge in [0.05, 0.1) is 5.69 Å². The summed E-state index contributed by atoms with van der Waals surface area (Å²) in [5.74, 6) is -0.197. The Balaban J connectivity index is 2.35. The van der Waals surface area contributed by atoms with Gasteiger partial charge in [0.2, 0.25) is 0 Å². The number of benzene rings is 1. The molecule has 0 spiro atoms. The van der Waals surface area contributed by atoms with Gasteiger partial charge in [-0.1, -0.05) is 12.1 Å². The molecule has 1 aromatic carbocycles. The number of aromatic nitrogens is 1. The first-order valence-electron chi connectivity index (χ1n) is 4.68. The van der Waals surface area contributed by atoms with Gasteiger partial charge >= 0.3 is 0 Å². The number of nitrogens with one attached hydrogen (secondary N) is 1. The number of hydrogen-bond acceptors (Lipinski definition) is 3. The Hall–Kier alpha value is -2.36. The van der Waals surface area contributed by atoms with E-state index in [1.807, 2.05) is 0 Å². The number of aromatic hydroxyl groups is 1. The average molecular weight is 215 g/mol. The lowest BCUT2D eigenvalue weighted by molar-refractivity contribution is 0.103. The zero-order valence-corrected chi connectivity index (χ0v) is 8.31. The van der Waals surface area contributed by atoms with Crippen LogP contribution >= 0.6 is 0 Å². The van der Waals surface area contributed by atoms with Crippen LogP contribution in [0.5, 0.6) is 5.75 Å². The fraction of sp³-hybridized carbons (Fsp3) is 0. The molecule has 2 aromatic rings. The molecule has 0 fully saturated rings. The van der Waals surface area contributed by atoms with Crippen molar-refractivity contribution in [2.24, 2.45) is 0 Å². The minimum Gasteiger partial charge on any atom is -0.508 e. The molecule has 0 atom stereocenters. The summed E-state index contributed by atoms with van der Waals surface area (Å²) in [6.07, 6.45) is 2.11. The van der Waals surface area contributed by atoms with Crippen molar-refractivity contribution < 1.29 is 14.7 Å². The fourth-order valence-electron chi connectivity index (χ4n) is 1.42. The van der Waals surface area contributed by atoms with Gasteiger partial charge in [0.15, 0.2) is 12.1 Å². The van der Waals surface area contributed by atoms with E-state index in [-0.39, 0.29) is 11.5 Å². The Morgan fingerprint density at radius 2 is 2.06 bits per heavy atom. The number of rotatable bonds is 3. The van der Waals surface area contributed by atoms with Crippen LogP contribution in [0.15, 0.2) is 36.5 Å². The molecule has 0 saturated carbocycles. The Labute approximate surface area is 91.5 Å². The van der Waals surface area contributed by atoms with Crippen LogP contribution in [-0.4, -0.2) is 22.2 Å². The highest BCUT2D eigenvalue weighted by molar-refractivity contribution is 6.09. The fourth-order valence-corrected chi connectivity index (χ4v) is 1.42. The summed E-state index contributed by atoms with van der Waals surface area (Å²) >= 11 is 0. The predicted octanol–water partition coefficient (Wildman–Crippen LogP) is 1.76. The lowest BCUT2D eigenvalue weighted by atomic mass is 10.1. The molecule has 0 radical (unpaired) electrons. The monoisotopic (exact) mass is 215 g/mol. The maximum absolute atomic E-state index is 11.9. The maximum Gasteiger partial charge on any atom is 0.194 e. The maximum atomic E-state index is 11.9. The number of phenolic OH excluding ortho intramolecular Hbond substituents is 1. The Morgan fingerprint density at radius 3 is 2.69 bits per heavy atom. The largest absolute Gasteiger partial charge is 0.508 e. The van der Waals surface area contributed by atoms with Gasteiger partial charge in [-0.3, -0.25) is 9.59 Å². The van der Waals surface area contributed by atoms with E-state index in [4.69, 9.17) is 0 Å². The number of carbonyl (C=O) groups is 2. The van der Waals surface area contributed by atoms with Crippen molar-refractivity contribution in [3.8, 4) is 5.75 Å². The first-order valence-corrected chi connectivity index (χ1v) is 4.68. The van der Waals surface area contributed by atoms with Crippen molar-refractivity contribution in [2.45, 2.75) is 0 Å². The van der Waals surface area contributed by atoms with Gasteiger partial charge in [-0.25, -0.2) is 0 Å². The molecule has 80 valence electrons. The molecule has 0 aliphatic heterocycles. The first kappa shape index (κ1) is 10.2. The number of aldehydes is 1. The normalized spacial score (nSPS) is 10.0. The highest BCUT2D eigenvalue weighted by Gasteiger charge is 2.11. The van der Waals surface area contributed by atoms with E-state index in [9.17, 15) is 14.7 Å². The second-order valence-corrected chi connectivity index (χ2v) is 3.34. The van der Waals surface area contributed by atoms with E-state index in [2.05, 4.69) is 4.98 Å². The molecule has 0 unspecified atom stereocenters. The lowest BCUT2D eigenvalue weighted by Gasteiger charge is -1.98. The third-order valence-corrected chi connectivity index (χ3v) is 2.20. The molecule has 1 heterocycles. The van der Waals surface area contributed by atoms with Crippen molar-refractivity contribution in [1.82, 2.24) is 4.98 Å². The van der Waals surface area contributed by atoms with Crippen molar-refractivity contribution in [2.75, 3.05) is 0 Å². The SMILES string of the molecule is O=Cc1cc(C(=O)c2cccc(O)c2)c[nH]1. The van der Waals surface area contributed by atoms with Crippen molar-refractivity contribution in [3.63, 3.8) is 0 Å². The third kappa shape index (κ3) is 1.86. The topological polar surface area (TPSA) is 70.2 Å². The number of carbonyl (C=O) groups excluding carboxylic acids is 2. The molecule has 0 aliphatic rings. The first-order chi connectivity index (χ1) is 7.70. The highest BCUT2D eigenvalue weighted by Crippen LogP contribution is 2.15. The number of ketones is 1. The molecule has 4 heteroatoms. The third-order valence-electron chi connectivity index (χ3n) is 2.20. The number of hydrogen-bond donors (Lipinski definition) is 2. The van der Waals surface area contributed by atoms with Crippen LogP contribution in [0.3, 0.4) is 0 Å². The van der Waals surface area contributed by atoms with Crippen LogP contribution in [0.1, 0.15) is 26.4 Å². The van der Waals surface area contributed by atoms with Crippen LogP contribution in [0, 0.1) is 0 Å². The van der Waals surface area contributed by atoms with Gasteiger partial charge < -0.3 is 10.1 Å². The van der Waals surface area contributed by atoms with Crippen LogP contribution < -0.4 is 0 Å². The van der Waals surface area contributed by atoms with Gasteiger partial charge in [-0.2, -0.15) is 0 Å². The molecule has 0 aliphatic carbocycles.